The zero-order chi connectivity index (χ0) is 13.9. The van der Waals surface area contributed by atoms with E-state index in [0.717, 1.165) is 34.1 Å². The fourth-order valence-electron chi connectivity index (χ4n) is 2.30. The molecule has 0 amide bonds. The Morgan fingerprint density at radius 1 is 1.30 bits per heavy atom. The Kier molecular flexibility index (Phi) is 3.56. The van der Waals surface area contributed by atoms with Gasteiger partial charge < -0.3 is 9.88 Å². The highest BCUT2D eigenvalue weighted by Crippen LogP contribution is 2.18. The van der Waals surface area contributed by atoms with Gasteiger partial charge in [-0.2, -0.15) is 0 Å². The molecule has 0 aliphatic heterocycles. The van der Waals surface area contributed by atoms with Crippen molar-refractivity contribution in [3.8, 4) is 0 Å². The zero-order valence-corrected chi connectivity index (χ0v) is 11.9. The van der Waals surface area contributed by atoms with Gasteiger partial charge in [0.25, 0.3) is 0 Å². The smallest absolute Gasteiger partial charge is 0.129 e. The summed E-state index contributed by atoms with van der Waals surface area (Å²) in [6, 6.07) is 9.68. The van der Waals surface area contributed by atoms with Gasteiger partial charge in [0.2, 0.25) is 0 Å². The van der Waals surface area contributed by atoms with Gasteiger partial charge in [0, 0.05) is 23.5 Å². The molecule has 0 fully saturated rings. The highest BCUT2D eigenvalue weighted by atomic mass is 35.5. The van der Waals surface area contributed by atoms with Crippen LogP contribution in [-0.4, -0.2) is 14.5 Å². The van der Waals surface area contributed by atoms with Crippen LogP contribution < -0.4 is 5.32 Å². The number of imidazole rings is 1. The monoisotopic (exact) mass is 286 g/mol. The minimum absolute atomic E-state index is 0.656. The molecule has 2 heterocycles. The summed E-state index contributed by atoms with van der Waals surface area (Å²) in [5.74, 6) is 0.996. The van der Waals surface area contributed by atoms with E-state index in [1.165, 1.54) is 0 Å². The molecule has 0 radical (unpaired) electrons. The van der Waals surface area contributed by atoms with E-state index in [1.54, 1.807) is 12.4 Å². The number of aryl methyl sites for hydroxylation is 1. The van der Waals surface area contributed by atoms with Gasteiger partial charge in [0.05, 0.1) is 18.3 Å². The lowest BCUT2D eigenvalue weighted by molar-refractivity contribution is 0.729. The summed E-state index contributed by atoms with van der Waals surface area (Å²) in [5, 5.41) is 4.07. The van der Waals surface area contributed by atoms with Crippen LogP contribution in [0.2, 0.25) is 5.02 Å². The van der Waals surface area contributed by atoms with Crippen LogP contribution in [0.5, 0.6) is 0 Å². The summed E-state index contributed by atoms with van der Waals surface area (Å²) >= 11 is 5.98. The van der Waals surface area contributed by atoms with Crippen LogP contribution in [0.25, 0.3) is 11.0 Å². The normalized spacial score (nSPS) is 10.9. The van der Waals surface area contributed by atoms with Crippen LogP contribution in [0.1, 0.15) is 12.7 Å². The molecule has 4 nitrogen and oxygen atoms in total. The number of fused-ring (bicyclic) bond motifs is 1. The average Bonchev–Trinajstić information content (AvgIpc) is 2.82. The first-order valence-electron chi connectivity index (χ1n) is 6.56. The van der Waals surface area contributed by atoms with Crippen molar-refractivity contribution in [2.24, 2.45) is 0 Å². The third-order valence-electron chi connectivity index (χ3n) is 3.22. The van der Waals surface area contributed by atoms with Gasteiger partial charge in [0.15, 0.2) is 0 Å². The molecule has 0 aliphatic rings. The van der Waals surface area contributed by atoms with Crippen molar-refractivity contribution in [1.29, 1.82) is 0 Å². The summed E-state index contributed by atoms with van der Waals surface area (Å²) in [4.78, 5) is 8.74. The van der Waals surface area contributed by atoms with Crippen molar-refractivity contribution in [1.82, 2.24) is 14.5 Å². The van der Waals surface area contributed by atoms with Gasteiger partial charge in [-0.05, 0) is 31.2 Å². The number of aromatic nitrogens is 3. The number of halogens is 1. The lowest BCUT2D eigenvalue weighted by atomic mass is 10.3. The fraction of sp³-hybridized carbons (Fsp3) is 0.200. The Morgan fingerprint density at radius 3 is 3.00 bits per heavy atom. The van der Waals surface area contributed by atoms with E-state index in [4.69, 9.17) is 11.6 Å². The lowest BCUT2D eigenvalue weighted by Gasteiger charge is -2.08. The molecule has 0 atom stereocenters. The van der Waals surface area contributed by atoms with E-state index >= 15 is 0 Å². The number of hydrogen-bond donors (Lipinski definition) is 1. The summed E-state index contributed by atoms with van der Waals surface area (Å²) < 4.78 is 2.19. The fourth-order valence-corrected chi connectivity index (χ4v) is 2.49. The first kappa shape index (κ1) is 12.9. The van der Waals surface area contributed by atoms with Crippen LogP contribution in [0.3, 0.4) is 0 Å². The lowest BCUT2D eigenvalue weighted by Crippen LogP contribution is -2.07. The van der Waals surface area contributed by atoms with Gasteiger partial charge >= 0.3 is 0 Å². The third-order valence-corrected chi connectivity index (χ3v) is 3.46. The maximum absolute atomic E-state index is 5.98. The Hall–Kier alpha value is -2.07. The van der Waals surface area contributed by atoms with Crippen molar-refractivity contribution in [2.45, 2.75) is 20.0 Å². The van der Waals surface area contributed by atoms with Crippen LogP contribution in [0.4, 0.5) is 5.69 Å². The molecule has 1 aromatic carbocycles. The highest BCUT2D eigenvalue weighted by Gasteiger charge is 2.08. The quantitative estimate of drug-likeness (QED) is 0.795. The van der Waals surface area contributed by atoms with E-state index < -0.39 is 0 Å². The maximum atomic E-state index is 5.98. The first-order valence-corrected chi connectivity index (χ1v) is 6.94. The Balaban J connectivity index is 1.87. The van der Waals surface area contributed by atoms with Crippen molar-refractivity contribution >= 4 is 28.3 Å². The largest absolute Gasteiger partial charge is 0.378 e. The van der Waals surface area contributed by atoms with Crippen LogP contribution in [-0.2, 0) is 13.1 Å². The second kappa shape index (κ2) is 5.51. The Labute approximate surface area is 122 Å². The summed E-state index contributed by atoms with van der Waals surface area (Å²) in [6.07, 6.45) is 3.59. The minimum atomic E-state index is 0.656. The van der Waals surface area contributed by atoms with Gasteiger partial charge in [-0.3, -0.25) is 4.98 Å². The van der Waals surface area contributed by atoms with Crippen LogP contribution in [0, 0.1) is 0 Å². The second-order valence-corrected chi connectivity index (χ2v) is 4.94. The molecule has 3 aromatic rings. The standard InChI is InChI=1S/C15H15ClN4/c1-2-20-14-6-7-17-9-13(14)19-15(20)10-18-12-5-3-4-11(16)8-12/h3-9,18H,2,10H2,1H3. The second-order valence-electron chi connectivity index (χ2n) is 4.50. The number of nitrogens with zero attached hydrogens (tertiary/aromatic N) is 3. The molecule has 5 heteroatoms. The van der Waals surface area contributed by atoms with Gasteiger partial charge in [0.1, 0.15) is 11.3 Å². The van der Waals surface area contributed by atoms with Crippen molar-refractivity contribution in [2.75, 3.05) is 5.32 Å². The van der Waals surface area contributed by atoms with E-state index in [0.29, 0.717) is 6.54 Å². The zero-order valence-electron chi connectivity index (χ0n) is 11.2. The van der Waals surface area contributed by atoms with Crippen molar-refractivity contribution < 1.29 is 0 Å². The van der Waals surface area contributed by atoms with Gasteiger partial charge in [-0.15, -0.1) is 0 Å². The number of nitrogens with one attached hydrogen (secondary N) is 1. The maximum Gasteiger partial charge on any atom is 0.129 e. The van der Waals surface area contributed by atoms with Crippen LogP contribution in [0.15, 0.2) is 42.7 Å². The minimum Gasteiger partial charge on any atom is -0.378 e. The van der Waals surface area contributed by atoms with Crippen molar-refractivity contribution in [3.63, 3.8) is 0 Å². The van der Waals surface area contributed by atoms with E-state index in [2.05, 4.69) is 26.8 Å². The predicted octanol–water partition coefficient (Wildman–Crippen LogP) is 3.72. The molecule has 0 unspecified atom stereocenters. The molecule has 0 spiro atoms. The highest BCUT2D eigenvalue weighted by molar-refractivity contribution is 6.30. The van der Waals surface area contributed by atoms with Gasteiger partial charge in [-0.25, -0.2) is 4.98 Å². The molecule has 0 bridgehead atoms. The van der Waals surface area contributed by atoms with Crippen molar-refractivity contribution in [3.05, 3.63) is 53.6 Å². The van der Waals surface area contributed by atoms with E-state index in [9.17, 15) is 0 Å². The molecule has 2 aromatic heterocycles. The molecule has 3 rings (SSSR count). The number of hydrogen-bond acceptors (Lipinski definition) is 3. The average molecular weight is 287 g/mol. The van der Waals surface area contributed by atoms with E-state index in [-0.39, 0.29) is 0 Å². The number of pyridine rings is 1. The molecular formula is C15H15ClN4. The van der Waals surface area contributed by atoms with E-state index in [1.807, 2.05) is 30.3 Å². The summed E-state index contributed by atoms with van der Waals surface area (Å²) in [6.45, 7) is 3.65. The topological polar surface area (TPSA) is 42.7 Å². The molecule has 1 N–H and O–H groups in total. The van der Waals surface area contributed by atoms with Crippen LogP contribution >= 0.6 is 11.6 Å². The molecule has 20 heavy (non-hydrogen) atoms. The summed E-state index contributed by atoms with van der Waals surface area (Å²) in [5.41, 5.74) is 3.04. The molecule has 0 saturated heterocycles. The Morgan fingerprint density at radius 2 is 2.20 bits per heavy atom. The van der Waals surface area contributed by atoms with Gasteiger partial charge in [-0.1, -0.05) is 17.7 Å². The molecule has 0 aliphatic carbocycles. The molecule has 102 valence electrons. The Bertz CT molecular complexity index is 736. The summed E-state index contributed by atoms with van der Waals surface area (Å²) in [7, 11) is 0. The molecule has 0 saturated carbocycles. The third kappa shape index (κ3) is 2.47. The molecular weight excluding hydrogens is 272 g/mol. The number of benzene rings is 1. The SMILES string of the molecule is CCn1c(CNc2cccc(Cl)c2)nc2cnccc21. The number of rotatable bonds is 4. The first-order chi connectivity index (χ1) is 9.78. The predicted molar refractivity (Wildman–Crippen MR) is 82.0 cm³/mol. The number of anilines is 1.